The molecule has 0 spiro atoms. The Balaban J connectivity index is 1.88. The lowest BCUT2D eigenvalue weighted by atomic mass is 9.88. The van der Waals surface area contributed by atoms with Gasteiger partial charge >= 0.3 is 0 Å². The van der Waals surface area contributed by atoms with Crippen LogP contribution in [0.2, 0.25) is 0 Å². The molecule has 0 N–H and O–H groups in total. The largest absolute Gasteiger partial charge is 0.256 e. The second-order valence-electron chi connectivity index (χ2n) is 8.72. The third kappa shape index (κ3) is 3.86. The van der Waals surface area contributed by atoms with Crippen molar-refractivity contribution in [1.82, 2.24) is 4.98 Å². The first kappa shape index (κ1) is 19.8. The van der Waals surface area contributed by atoms with Crippen LogP contribution in [-0.2, 0) is 0 Å². The number of fused-ring (bicyclic) bond motifs is 1. The zero-order valence-electron chi connectivity index (χ0n) is 18.2. The highest BCUT2D eigenvalue weighted by Crippen LogP contribution is 2.42. The molecule has 0 aliphatic carbocycles. The first-order valence-electron chi connectivity index (χ1n) is 10.4. The van der Waals surface area contributed by atoms with Gasteiger partial charge in [0, 0.05) is 26.7 Å². The fourth-order valence-corrected chi connectivity index (χ4v) is 5.33. The van der Waals surface area contributed by atoms with Gasteiger partial charge in [0.1, 0.15) is 0 Å². The second kappa shape index (κ2) is 7.76. The van der Waals surface area contributed by atoms with Crippen molar-refractivity contribution in [3.05, 3.63) is 77.0 Å². The van der Waals surface area contributed by atoms with Gasteiger partial charge in [-0.2, -0.15) is 0 Å². The SMILES string of the molecule is Cc1cc(C)cc(-c2cc3sc(-c4c(C(C)C)cccc4C(C)C)cc3cn2)c1. The number of thiophene rings is 1. The van der Waals surface area contributed by atoms with E-state index in [-0.39, 0.29) is 0 Å². The molecule has 0 saturated heterocycles. The molecule has 0 amide bonds. The normalized spacial score (nSPS) is 11.7. The number of aromatic nitrogens is 1. The number of benzene rings is 2. The van der Waals surface area contributed by atoms with E-state index in [0.29, 0.717) is 11.8 Å². The van der Waals surface area contributed by atoms with Crippen molar-refractivity contribution in [3.8, 4) is 21.7 Å². The molecule has 2 aromatic carbocycles. The topological polar surface area (TPSA) is 12.9 Å². The Labute approximate surface area is 178 Å². The monoisotopic (exact) mass is 399 g/mol. The summed E-state index contributed by atoms with van der Waals surface area (Å²) in [5, 5.41) is 1.23. The molecule has 1 nitrogen and oxygen atoms in total. The van der Waals surface area contributed by atoms with Crippen LogP contribution in [0.5, 0.6) is 0 Å². The minimum Gasteiger partial charge on any atom is -0.256 e. The van der Waals surface area contributed by atoms with Crippen molar-refractivity contribution < 1.29 is 0 Å². The molecule has 2 aromatic heterocycles. The van der Waals surface area contributed by atoms with Gasteiger partial charge in [0.2, 0.25) is 0 Å². The Morgan fingerprint density at radius 2 is 1.41 bits per heavy atom. The van der Waals surface area contributed by atoms with E-state index in [0.717, 1.165) is 5.69 Å². The lowest BCUT2D eigenvalue weighted by Gasteiger charge is -2.18. The predicted molar refractivity (Wildman–Crippen MR) is 128 cm³/mol. The quantitative estimate of drug-likeness (QED) is 0.335. The predicted octanol–water partition coefficient (Wildman–Crippen LogP) is 8.49. The maximum Gasteiger partial charge on any atom is 0.0716 e. The summed E-state index contributed by atoms with van der Waals surface area (Å²) in [6.45, 7) is 13.4. The molecule has 29 heavy (non-hydrogen) atoms. The van der Waals surface area contributed by atoms with Crippen molar-refractivity contribution in [1.29, 1.82) is 0 Å². The van der Waals surface area contributed by atoms with Crippen LogP contribution < -0.4 is 0 Å². The minimum absolute atomic E-state index is 0.498. The van der Waals surface area contributed by atoms with Crippen molar-refractivity contribution >= 4 is 21.4 Å². The van der Waals surface area contributed by atoms with E-state index in [1.54, 1.807) is 0 Å². The van der Waals surface area contributed by atoms with Crippen LogP contribution in [0.25, 0.3) is 31.8 Å². The standard InChI is InChI=1S/C27H29NS/c1-16(2)22-8-7-9-23(17(3)4)27(22)26-13-21-15-28-24(14-25(21)29-26)20-11-18(5)10-19(6)12-20/h7-17H,1-6H3. The second-order valence-corrected chi connectivity index (χ2v) is 9.80. The highest BCUT2D eigenvalue weighted by Gasteiger charge is 2.17. The zero-order valence-corrected chi connectivity index (χ0v) is 19.0. The van der Waals surface area contributed by atoms with E-state index in [9.17, 15) is 0 Å². The Hall–Kier alpha value is -2.45. The molecule has 0 unspecified atom stereocenters. The number of hydrogen-bond donors (Lipinski definition) is 0. The summed E-state index contributed by atoms with van der Waals surface area (Å²) in [5.74, 6) is 0.996. The van der Waals surface area contributed by atoms with Crippen LogP contribution in [0.3, 0.4) is 0 Å². The smallest absolute Gasteiger partial charge is 0.0716 e. The molecule has 148 valence electrons. The molecule has 2 heteroatoms. The molecular weight excluding hydrogens is 370 g/mol. The summed E-state index contributed by atoms with van der Waals surface area (Å²) in [6.07, 6.45) is 2.04. The molecular formula is C27H29NS. The van der Waals surface area contributed by atoms with Gasteiger partial charge in [0.15, 0.2) is 0 Å². The summed E-state index contributed by atoms with van der Waals surface area (Å²) >= 11 is 1.89. The minimum atomic E-state index is 0.498. The molecule has 2 heterocycles. The number of aryl methyl sites for hydroxylation is 2. The summed E-state index contributed by atoms with van der Waals surface area (Å²) in [6, 6.07) is 18.0. The van der Waals surface area contributed by atoms with Crippen LogP contribution in [0, 0.1) is 13.8 Å². The third-order valence-corrected chi connectivity index (χ3v) is 6.65. The number of hydrogen-bond acceptors (Lipinski definition) is 2. The van der Waals surface area contributed by atoms with E-state index >= 15 is 0 Å². The van der Waals surface area contributed by atoms with Crippen LogP contribution in [0.4, 0.5) is 0 Å². The Morgan fingerprint density at radius 1 is 0.793 bits per heavy atom. The highest BCUT2D eigenvalue weighted by molar-refractivity contribution is 7.22. The van der Waals surface area contributed by atoms with Crippen molar-refractivity contribution in [2.45, 2.75) is 53.4 Å². The average Bonchev–Trinajstić information content (AvgIpc) is 3.09. The summed E-state index contributed by atoms with van der Waals surface area (Å²) in [4.78, 5) is 6.14. The lowest BCUT2D eigenvalue weighted by molar-refractivity contribution is 0.839. The Morgan fingerprint density at radius 3 is 2.00 bits per heavy atom. The fraction of sp³-hybridized carbons (Fsp3) is 0.296. The van der Waals surface area contributed by atoms with Crippen LogP contribution in [0.15, 0.2) is 54.7 Å². The van der Waals surface area contributed by atoms with Crippen molar-refractivity contribution in [3.63, 3.8) is 0 Å². The van der Waals surface area contributed by atoms with Gasteiger partial charge in [0.05, 0.1) is 5.69 Å². The maximum absolute atomic E-state index is 4.79. The van der Waals surface area contributed by atoms with Crippen molar-refractivity contribution in [2.24, 2.45) is 0 Å². The summed E-state index contributed by atoms with van der Waals surface area (Å²) in [5.41, 5.74) is 9.10. The van der Waals surface area contributed by atoms with Gasteiger partial charge < -0.3 is 0 Å². The average molecular weight is 400 g/mol. The molecule has 4 aromatic rings. The van der Waals surface area contributed by atoms with E-state index in [1.165, 1.54) is 48.3 Å². The summed E-state index contributed by atoms with van der Waals surface area (Å²) < 4.78 is 1.30. The van der Waals surface area contributed by atoms with Crippen LogP contribution >= 0.6 is 11.3 Å². The first-order chi connectivity index (χ1) is 13.8. The molecule has 4 rings (SSSR count). The molecule has 0 aliphatic rings. The Kier molecular flexibility index (Phi) is 5.31. The van der Waals surface area contributed by atoms with E-state index in [4.69, 9.17) is 4.98 Å². The van der Waals surface area contributed by atoms with Gasteiger partial charge in [-0.15, -0.1) is 11.3 Å². The number of nitrogens with zero attached hydrogens (tertiary/aromatic N) is 1. The lowest BCUT2D eigenvalue weighted by Crippen LogP contribution is -1.98. The zero-order chi connectivity index (χ0) is 20.7. The van der Waals surface area contributed by atoms with Crippen LogP contribution in [-0.4, -0.2) is 4.98 Å². The van der Waals surface area contributed by atoms with Gasteiger partial charge in [-0.25, -0.2) is 0 Å². The van der Waals surface area contributed by atoms with E-state index in [2.05, 4.69) is 90.1 Å². The number of rotatable bonds is 4. The van der Waals surface area contributed by atoms with Crippen molar-refractivity contribution in [2.75, 3.05) is 0 Å². The summed E-state index contributed by atoms with van der Waals surface area (Å²) in [7, 11) is 0. The maximum atomic E-state index is 4.79. The van der Waals surface area contributed by atoms with E-state index in [1.807, 2.05) is 17.5 Å². The van der Waals surface area contributed by atoms with Gasteiger partial charge in [0.25, 0.3) is 0 Å². The van der Waals surface area contributed by atoms with Crippen LogP contribution in [0.1, 0.15) is 61.8 Å². The third-order valence-electron chi connectivity index (χ3n) is 5.54. The molecule has 0 atom stereocenters. The Bertz CT molecular complexity index is 1130. The molecule has 0 radical (unpaired) electrons. The van der Waals surface area contributed by atoms with Gasteiger partial charge in [-0.3, -0.25) is 4.98 Å². The fourth-order valence-electron chi connectivity index (χ4n) is 4.17. The van der Waals surface area contributed by atoms with E-state index < -0.39 is 0 Å². The van der Waals surface area contributed by atoms with Gasteiger partial charge in [-0.1, -0.05) is 63.1 Å². The molecule has 0 fully saturated rings. The number of pyridine rings is 1. The molecule has 0 bridgehead atoms. The highest BCUT2D eigenvalue weighted by atomic mass is 32.1. The molecule has 0 saturated carbocycles. The van der Waals surface area contributed by atoms with Gasteiger partial charge in [-0.05, 0) is 66.6 Å². The molecule has 0 aliphatic heterocycles. The first-order valence-corrected chi connectivity index (χ1v) is 11.3.